The van der Waals surface area contributed by atoms with Gasteiger partial charge in [-0.25, -0.2) is 18.6 Å². The van der Waals surface area contributed by atoms with Crippen molar-refractivity contribution in [2.45, 2.75) is 13.0 Å². The number of nitrogens with zero attached hydrogens (tertiary/aromatic N) is 3. The molecule has 0 aliphatic carbocycles. The molecular formula is C14H12ClF2N3O2. The Morgan fingerprint density at radius 3 is 2.64 bits per heavy atom. The second-order valence-electron chi connectivity index (χ2n) is 4.24. The summed E-state index contributed by atoms with van der Waals surface area (Å²) in [5, 5.41) is -0.00683. The highest BCUT2D eigenvalue weighted by Gasteiger charge is 2.23. The molecule has 5 nitrogen and oxygen atoms in total. The first-order valence-electron chi connectivity index (χ1n) is 6.30. The third kappa shape index (κ3) is 4.63. The van der Waals surface area contributed by atoms with E-state index >= 15 is 0 Å². The highest BCUT2D eigenvalue weighted by molar-refractivity contribution is 6.29. The summed E-state index contributed by atoms with van der Waals surface area (Å²) in [6.45, 7) is -0.893. The van der Waals surface area contributed by atoms with E-state index in [0.29, 0.717) is 4.90 Å². The molecule has 1 aromatic carbocycles. The molecule has 0 aliphatic rings. The topological polar surface area (TPSA) is 55.3 Å². The number of hydrogen-bond acceptors (Lipinski definition) is 4. The van der Waals surface area contributed by atoms with Gasteiger partial charge in [0, 0.05) is 0 Å². The van der Waals surface area contributed by atoms with Crippen LogP contribution in [0.4, 0.5) is 19.4 Å². The largest absolute Gasteiger partial charge is 0.444 e. The van der Waals surface area contributed by atoms with Crippen LogP contribution in [0.25, 0.3) is 0 Å². The summed E-state index contributed by atoms with van der Waals surface area (Å²) in [6.07, 6.45) is -1.29. The Hall–Kier alpha value is -2.28. The Morgan fingerprint density at radius 1 is 1.27 bits per heavy atom. The van der Waals surface area contributed by atoms with Gasteiger partial charge in [-0.2, -0.15) is 0 Å². The Labute approximate surface area is 130 Å². The molecule has 1 aromatic heterocycles. The van der Waals surface area contributed by atoms with Gasteiger partial charge in [0.2, 0.25) is 0 Å². The first kappa shape index (κ1) is 16.1. The van der Waals surface area contributed by atoms with E-state index in [4.69, 9.17) is 16.3 Å². The number of benzene rings is 1. The van der Waals surface area contributed by atoms with Crippen LogP contribution in [0.1, 0.15) is 5.56 Å². The molecular weight excluding hydrogens is 316 g/mol. The van der Waals surface area contributed by atoms with E-state index in [0.717, 1.165) is 11.8 Å². The van der Waals surface area contributed by atoms with Gasteiger partial charge < -0.3 is 4.74 Å². The van der Waals surface area contributed by atoms with Gasteiger partial charge in [-0.15, -0.1) is 0 Å². The average molecular weight is 328 g/mol. The second-order valence-corrected chi connectivity index (χ2v) is 4.63. The molecule has 0 N–H and O–H groups in total. The molecule has 0 bridgehead atoms. The minimum Gasteiger partial charge on any atom is -0.444 e. The van der Waals surface area contributed by atoms with Crippen molar-refractivity contribution < 1.29 is 18.3 Å². The minimum absolute atomic E-state index is 0.00683. The van der Waals surface area contributed by atoms with Gasteiger partial charge in [0.1, 0.15) is 11.8 Å². The van der Waals surface area contributed by atoms with Gasteiger partial charge in [-0.05, 0) is 5.56 Å². The Kier molecular flexibility index (Phi) is 5.60. The summed E-state index contributed by atoms with van der Waals surface area (Å²) < 4.78 is 30.4. The third-order valence-electron chi connectivity index (χ3n) is 2.62. The number of halogens is 3. The number of hydrogen-bond donors (Lipinski definition) is 0. The highest BCUT2D eigenvalue weighted by Crippen LogP contribution is 2.16. The molecule has 0 saturated heterocycles. The average Bonchev–Trinajstić information content (AvgIpc) is 2.51. The molecule has 0 atom stereocenters. The molecule has 116 valence electrons. The van der Waals surface area contributed by atoms with Gasteiger partial charge >= 0.3 is 6.09 Å². The third-order valence-corrected chi connectivity index (χ3v) is 2.80. The number of alkyl halides is 2. The van der Waals surface area contributed by atoms with Crippen molar-refractivity contribution in [3.63, 3.8) is 0 Å². The van der Waals surface area contributed by atoms with Gasteiger partial charge in [-0.1, -0.05) is 41.9 Å². The zero-order valence-corrected chi connectivity index (χ0v) is 12.1. The van der Waals surface area contributed by atoms with E-state index in [9.17, 15) is 13.6 Å². The monoisotopic (exact) mass is 327 g/mol. The fourth-order valence-electron chi connectivity index (χ4n) is 1.66. The van der Waals surface area contributed by atoms with Crippen molar-refractivity contribution in [1.82, 2.24) is 9.97 Å². The number of carbonyl (C=O) groups excluding carboxylic acids is 1. The Balaban J connectivity index is 2.09. The maximum atomic E-state index is 12.7. The number of ether oxygens (including phenoxy) is 1. The molecule has 0 radical (unpaired) electrons. The van der Waals surface area contributed by atoms with Crippen LogP contribution in [0, 0.1) is 0 Å². The van der Waals surface area contributed by atoms with E-state index in [2.05, 4.69) is 9.97 Å². The number of amides is 1. The lowest BCUT2D eigenvalue weighted by molar-refractivity contribution is 0.127. The molecule has 0 unspecified atom stereocenters. The molecule has 8 heteroatoms. The predicted octanol–water partition coefficient (Wildman–Crippen LogP) is 3.54. The summed E-state index contributed by atoms with van der Waals surface area (Å²) in [5.41, 5.74) is 0.741. The fraction of sp³-hybridized carbons (Fsp3) is 0.214. The van der Waals surface area contributed by atoms with E-state index in [1.807, 2.05) is 6.07 Å². The van der Waals surface area contributed by atoms with Gasteiger partial charge in [0.05, 0.1) is 18.9 Å². The zero-order valence-electron chi connectivity index (χ0n) is 11.3. The van der Waals surface area contributed by atoms with Crippen LogP contribution in [-0.4, -0.2) is 29.0 Å². The lowest BCUT2D eigenvalue weighted by Gasteiger charge is -2.20. The smallest absolute Gasteiger partial charge is 0.416 e. The summed E-state index contributed by atoms with van der Waals surface area (Å²) >= 11 is 5.66. The molecule has 0 spiro atoms. The molecule has 1 amide bonds. The van der Waals surface area contributed by atoms with Crippen LogP contribution >= 0.6 is 11.6 Å². The van der Waals surface area contributed by atoms with Crippen molar-refractivity contribution in [2.24, 2.45) is 0 Å². The molecule has 2 aromatic rings. The van der Waals surface area contributed by atoms with Crippen LogP contribution in [0.2, 0.25) is 5.15 Å². The van der Waals surface area contributed by atoms with Crippen LogP contribution in [-0.2, 0) is 11.3 Å². The summed E-state index contributed by atoms with van der Waals surface area (Å²) in [7, 11) is 0. The van der Waals surface area contributed by atoms with Crippen molar-refractivity contribution in [2.75, 3.05) is 11.4 Å². The number of aromatic nitrogens is 2. The second kappa shape index (κ2) is 7.65. The van der Waals surface area contributed by atoms with E-state index < -0.39 is 19.1 Å². The predicted molar refractivity (Wildman–Crippen MR) is 77.0 cm³/mol. The van der Waals surface area contributed by atoms with Crippen LogP contribution in [0.3, 0.4) is 0 Å². The number of carbonyl (C=O) groups is 1. The SMILES string of the molecule is O=C(OCc1ccccc1)N(CC(F)F)c1cncc(Cl)n1. The molecule has 0 saturated carbocycles. The first-order chi connectivity index (χ1) is 10.6. The number of rotatable bonds is 5. The van der Waals surface area contributed by atoms with Gasteiger partial charge in [0.15, 0.2) is 5.82 Å². The Morgan fingerprint density at radius 2 is 2.00 bits per heavy atom. The summed E-state index contributed by atoms with van der Waals surface area (Å²) in [6, 6.07) is 8.88. The Bertz CT molecular complexity index is 628. The summed E-state index contributed by atoms with van der Waals surface area (Å²) in [5.74, 6) is -0.0918. The van der Waals surface area contributed by atoms with Crippen LogP contribution < -0.4 is 4.90 Å². The van der Waals surface area contributed by atoms with E-state index in [1.54, 1.807) is 24.3 Å². The fourth-order valence-corrected chi connectivity index (χ4v) is 1.80. The molecule has 0 fully saturated rings. The van der Waals surface area contributed by atoms with Gasteiger partial charge in [-0.3, -0.25) is 9.88 Å². The zero-order chi connectivity index (χ0) is 15.9. The van der Waals surface area contributed by atoms with Crippen LogP contribution in [0.5, 0.6) is 0 Å². The van der Waals surface area contributed by atoms with Gasteiger partial charge in [0.25, 0.3) is 6.43 Å². The summed E-state index contributed by atoms with van der Waals surface area (Å²) in [4.78, 5) is 20.2. The molecule has 2 rings (SSSR count). The van der Waals surface area contributed by atoms with Crippen molar-refractivity contribution in [3.8, 4) is 0 Å². The molecule has 1 heterocycles. The molecule has 0 aliphatic heterocycles. The van der Waals surface area contributed by atoms with Crippen molar-refractivity contribution >= 4 is 23.5 Å². The standard InChI is InChI=1S/C14H12ClF2N3O2/c15-11-6-18-7-13(19-11)20(8-12(16)17)14(21)22-9-10-4-2-1-3-5-10/h1-7,12H,8-9H2. The highest BCUT2D eigenvalue weighted by atomic mass is 35.5. The van der Waals surface area contributed by atoms with Crippen LogP contribution in [0.15, 0.2) is 42.7 Å². The molecule has 22 heavy (non-hydrogen) atoms. The lowest BCUT2D eigenvalue weighted by atomic mass is 10.2. The normalized spacial score (nSPS) is 10.5. The maximum Gasteiger partial charge on any atom is 0.416 e. The maximum absolute atomic E-state index is 12.7. The van der Waals surface area contributed by atoms with Crippen molar-refractivity contribution in [3.05, 3.63) is 53.4 Å². The quantitative estimate of drug-likeness (QED) is 0.843. The van der Waals surface area contributed by atoms with Crippen molar-refractivity contribution in [1.29, 1.82) is 0 Å². The number of anilines is 1. The first-order valence-corrected chi connectivity index (χ1v) is 6.68. The van der Waals surface area contributed by atoms with E-state index in [-0.39, 0.29) is 17.6 Å². The van der Waals surface area contributed by atoms with E-state index in [1.165, 1.54) is 6.20 Å². The lowest BCUT2D eigenvalue weighted by Crippen LogP contribution is -2.36. The minimum atomic E-state index is -2.75.